The average molecular weight is 272 g/mol. The van der Waals surface area contributed by atoms with Crippen LogP contribution in [0.5, 0.6) is 0 Å². The van der Waals surface area contributed by atoms with Crippen LogP contribution in [-0.2, 0) is 0 Å². The first kappa shape index (κ1) is 14.2. The van der Waals surface area contributed by atoms with E-state index in [4.69, 9.17) is 0 Å². The summed E-state index contributed by atoms with van der Waals surface area (Å²) >= 11 is 0. The van der Waals surface area contributed by atoms with Gasteiger partial charge in [0.15, 0.2) is 11.6 Å². The number of benzene rings is 1. The van der Waals surface area contributed by atoms with Crippen LogP contribution in [-0.4, -0.2) is 30.6 Å². The predicted molar refractivity (Wildman–Crippen MR) is 69.7 cm³/mol. The van der Waals surface area contributed by atoms with Crippen LogP contribution in [0.4, 0.5) is 18.9 Å². The predicted octanol–water partition coefficient (Wildman–Crippen LogP) is 3.39. The Hall–Kier alpha value is -1.23. The normalized spacial score (nSPS) is 17.7. The van der Waals surface area contributed by atoms with Crippen molar-refractivity contribution in [3.8, 4) is 0 Å². The van der Waals surface area contributed by atoms with Crippen LogP contribution in [0.2, 0.25) is 0 Å². The van der Waals surface area contributed by atoms with Gasteiger partial charge in [-0.3, -0.25) is 0 Å². The van der Waals surface area contributed by atoms with E-state index < -0.39 is 17.5 Å². The van der Waals surface area contributed by atoms with E-state index in [1.807, 2.05) is 0 Å². The molecule has 19 heavy (non-hydrogen) atoms. The van der Waals surface area contributed by atoms with Gasteiger partial charge in [0.1, 0.15) is 11.5 Å². The SMILES string of the molecule is CCCN1CCC(Nc2c(F)cc(F)cc2F)CC1. The number of hydrogen-bond donors (Lipinski definition) is 1. The van der Waals surface area contributed by atoms with Gasteiger partial charge < -0.3 is 10.2 Å². The Morgan fingerprint density at radius 1 is 1.16 bits per heavy atom. The molecule has 2 nitrogen and oxygen atoms in total. The lowest BCUT2D eigenvalue weighted by molar-refractivity contribution is 0.219. The molecule has 1 N–H and O–H groups in total. The number of piperidine rings is 1. The monoisotopic (exact) mass is 272 g/mol. The van der Waals surface area contributed by atoms with E-state index in [2.05, 4.69) is 17.1 Å². The molecule has 0 spiro atoms. The van der Waals surface area contributed by atoms with E-state index in [1.165, 1.54) is 0 Å². The molecule has 0 amide bonds. The highest BCUT2D eigenvalue weighted by atomic mass is 19.1. The maximum atomic E-state index is 13.5. The summed E-state index contributed by atoms with van der Waals surface area (Å²) in [5, 5.41) is 2.86. The van der Waals surface area contributed by atoms with E-state index >= 15 is 0 Å². The Balaban J connectivity index is 1.96. The van der Waals surface area contributed by atoms with Gasteiger partial charge in [-0.15, -0.1) is 0 Å². The molecular weight excluding hydrogens is 253 g/mol. The van der Waals surface area contributed by atoms with Gasteiger partial charge in [-0.05, 0) is 25.8 Å². The molecule has 0 aromatic heterocycles. The zero-order valence-corrected chi connectivity index (χ0v) is 11.1. The summed E-state index contributed by atoms with van der Waals surface area (Å²) in [6, 6.07) is 1.46. The number of halogens is 3. The van der Waals surface area contributed by atoms with E-state index in [-0.39, 0.29) is 11.7 Å². The first-order chi connectivity index (χ1) is 9.10. The highest BCUT2D eigenvalue weighted by Crippen LogP contribution is 2.23. The fourth-order valence-electron chi connectivity index (χ4n) is 2.50. The highest BCUT2D eigenvalue weighted by Gasteiger charge is 2.21. The maximum absolute atomic E-state index is 13.5. The molecule has 1 aliphatic rings. The van der Waals surface area contributed by atoms with E-state index in [0.717, 1.165) is 38.9 Å². The van der Waals surface area contributed by atoms with Crippen molar-refractivity contribution in [1.29, 1.82) is 0 Å². The van der Waals surface area contributed by atoms with Crippen molar-refractivity contribution in [1.82, 2.24) is 4.90 Å². The molecule has 1 heterocycles. The summed E-state index contributed by atoms with van der Waals surface area (Å²) in [7, 11) is 0. The van der Waals surface area contributed by atoms with Gasteiger partial charge in [0.25, 0.3) is 0 Å². The third kappa shape index (κ3) is 3.62. The summed E-state index contributed by atoms with van der Waals surface area (Å²) in [4.78, 5) is 2.34. The Morgan fingerprint density at radius 3 is 2.26 bits per heavy atom. The molecule has 0 atom stereocenters. The molecular formula is C14H19F3N2. The number of nitrogens with one attached hydrogen (secondary N) is 1. The maximum Gasteiger partial charge on any atom is 0.152 e. The van der Waals surface area contributed by atoms with Crippen molar-refractivity contribution in [2.75, 3.05) is 25.0 Å². The molecule has 2 rings (SSSR count). The Labute approximate surface area is 111 Å². The van der Waals surface area contributed by atoms with Crippen molar-refractivity contribution in [3.63, 3.8) is 0 Å². The zero-order valence-electron chi connectivity index (χ0n) is 11.1. The van der Waals surface area contributed by atoms with Crippen molar-refractivity contribution < 1.29 is 13.2 Å². The van der Waals surface area contributed by atoms with Gasteiger partial charge >= 0.3 is 0 Å². The van der Waals surface area contributed by atoms with Crippen molar-refractivity contribution in [2.45, 2.75) is 32.2 Å². The molecule has 1 aromatic rings. The Kier molecular flexibility index (Phi) is 4.69. The smallest absolute Gasteiger partial charge is 0.152 e. The van der Waals surface area contributed by atoms with Crippen molar-refractivity contribution in [3.05, 3.63) is 29.6 Å². The van der Waals surface area contributed by atoms with E-state index in [0.29, 0.717) is 12.1 Å². The van der Waals surface area contributed by atoms with Crippen LogP contribution >= 0.6 is 0 Å². The lowest BCUT2D eigenvalue weighted by Gasteiger charge is -2.32. The molecule has 0 unspecified atom stereocenters. The molecule has 1 fully saturated rings. The van der Waals surface area contributed by atoms with Gasteiger partial charge in [0, 0.05) is 31.3 Å². The van der Waals surface area contributed by atoms with Crippen LogP contribution in [0, 0.1) is 17.5 Å². The first-order valence-electron chi connectivity index (χ1n) is 6.73. The fraction of sp³-hybridized carbons (Fsp3) is 0.571. The van der Waals surface area contributed by atoms with Crippen LogP contribution in [0.3, 0.4) is 0 Å². The molecule has 0 saturated carbocycles. The third-order valence-corrected chi connectivity index (χ3v) is 3.48. The Bertz CT molecular complexity index is 406. The minimum absolute atomic E-state index is 0.0440. The molecule has 0 bridgehead atoms. The molecule has 1 aliphatic heterocycles. The molecule has 1 saturated heterocycles. The van der Waals surface area contributed by atoms with E-state index in [1.54, 1.807) is 0 Å². The molecule has 0 radical (unpaired) electrons. The van der Waals surface area contributed by atoms with Gasteiger partial charge in [-0.2, -0.15) is 0 Å². The standard InChI is InChI=1S/C14H19F3N2/c1-2-5-19-6-3-11(4-7-19)18-14-12(16)8-10(15)9-13(14)17/h8-9,11,18H,2-7H2,1H3. The molecule has 106 valence electrons. The number of hydrogen-bond acceptors (Lipinski definition) is 2. The Morgan fingerprint density at radius 2 is 1.74 bits per heavy atom. The largest absolute Gasteiger partial charge is 0.377 e. The number of rotatable bonds is 4. The highest BCUT2D eigenvalue weighted by molar-refractivity contribution is 5.47. The second-order valence-corrected chi connectivity index (χ2v) is 5.00. The van der Waals surface area contributed by atoms with Gasteiger partial charge in [-0.25, -0.2) is 13.2 Å². The minimum atomic E-state index is -0.890. The zero-order chi connectivity index (χ0) is 13.8. The van der Waals surface area contributed by atoms with Gasteiger partial charge in [0.2, 0.25) is 0 Å². The van der Waals surface area contributed by atoms with Crippen LogP contribution < -0.4 is 5.32 Å². The summed E-state index contributed by atoms with van der Waals surface area (Å²) in [6.45, 7) is 5.05. The van der Waals surface area contributed by atoms with Crippen LogP contribution in [0.15, 0.2) is 12.1 Å². The molecule has 1 aromatic carbocycles. The lowest BCUT2D eigenvalue weighted by Crippen LogP contribution is -2.39. The van der Waals surface area contributed by atoms with Crippen molar-refractivity contribution >= 4 is 5.69 Å². The second kappa shape index (κ2) is 6.28. The minimum Gasteiger partial charge on any atom is -0.377 e. The summed E-state index contributed by atoms with van der Waals surface area (Å²) in [6.07, 6.45) is 2.80. The quantitative estimate of drug-likeness (QED) is 0.903. The first-order valence-corrected chi connectivity index (χ1v) is 6.73. The topological polar surface area (TPSA) is 15.3 Å². The van der Waals surface area contributed by atoms with Crippen LogP contribution in [0.1, 0.15) is 26.2 Å². The van der Waals surface area contributed by atoms with Crippen molar-refractivity contribution in [2.24, 2.45) is 0 Å². The summed E-state index contributed by atoms with van der Waals surface area (Å²) < 4.78 is 39.8. The van der Waals surface area contributed by atoms with E-state index in [9.17, 15) is 13.2 Å². The summed E-state index contributed by atoms with van der Waals surface area (Å²) in [5.41, 5.74) is -0.213. The number of nitrogens with zero attached hydrogens (tertiary/aromatic N) is 1. The second-order valence-electron chi connectivity index (χ2n) is 5.00. The fourth-order valence-corrected chi connectivity index (χ4v) is 2.50. The third-order valence-electron chi connectivity index (χ3n) is 3.48. The number of likely N-dealkylation sites (tertiary alicyclic amines) is 1. The van der Waals surface area contributed by atoms with Gasteiger partial charge in [0.05, 0.1) is 0 Å². The molecule has 5 heteroatoms. The average Bonchev–Trinajstić information content (AvgIpc) is 2.36. The lowest BCUT2D eigenvalue weighted by atomic mass is 10.0. The molecule has 0 aliphatic carbocycles. The van der Waals surface area contributed by atoms with Crippen LogP contribution in [0.25, 0.3) is 0 Å². The summed E-state index contributed by atoms with van der Waals surface area (Å²) in [5.74, 6) is -2.62. The number of anilines is 1. The van der Waals surface area contributed by atoms with Gasteiger partial charge in [-0.1, -0.05) is 6.92 Å².